The molecule has 0 unspecified atom stereocenters. The van der Waals surface area contributed by atoms with Crippen LogP contribution in [0.5, 0.6) is 0 Å². The maximum Gasteiger partial charge on any atom is 0.416 e. The molecule has 0 aliphatic carbocycles. The third kappa shape index (κ3) is 4.30. The van der Waals surface area contributed by atoms with Crippen LogP contribution < -0.4 is 10.6 Å². The van der Waals surface area contributed by atoms with E-state index < -0.39 is 17.6 Å². The molecule has 1 aromatic carbocycles. The standard InChI is InChI=1S/C19H18F3N5O/c1-12-3-4-14(9-15(12)19(20,21)22)26-18(28)16-17(25-11-27(16)2)24-10-13-5-7-23-8-6-13/h3-9,11,24H,10H2,1-2H3,(H,26,28). The molecule has 3 rings (SSSR count). The number of carbonyl (C=O) groups excluding carboxylic acids is 1. The predicted octanol–water partition coefficient (Wildman–Crippen LogP) is 4.01. The molecule has 1 amide bonds. The maximum atomic E-state index is 13.1. The Labute approximate surface area is 159 Å². The normalized spacial score (nSPS) is 11.3. The second-order valence-electron chi connectivity index (χ2n) is 6.24. The van der Waals surface area contributed by atoms with Crippen molar-refractivity contribution in [1.29, 1.82) is 0 Å². The zero-order valence-electron chi connectivity index (χ0n) is 15.2. The third-order valence-electron chi connectivity index (χ3n) is 4.16. The molecule has 0 saturated carbocycles. The van der Waals surface area contributed by atoms with Gasteiger partial charge in [0.2, 0.25) is 0 Å². The van der Waals surface area contributed by atoms with E-state index in [2.05, 4.69) is 20.6 Å². The Morgan fingerprint density at radius 1 is 1.18 bits per heavy atom. The highest BCUT2D eigenvalue weighted by molar-refractivity contribution is 6.06. The number of hydrogen-bond donors (Lipinski definition) is 2. The van der Waals surface area contributed by atoms with Gasteiger partial charge in [-0.3, -0.25) is 9.78 Å². The van der Waals surface area contributed by atoms with Gasteiger partial charge in [0.1, 0.15) is 0 Å². The number of halogens is 3. The smallest absolute Gasteiger partial charge is 0.364 e. The quantitative estimate of drug-likeness (QED) is 0.692. The molecule has 2 heterocycles. The molecule has 2 aromatic heterocycles. The number of alkyl halides is 3. The fourth-order valence-electron chi connectivity index (χ4n) is 2.71. The largest absolute Gasteiger partial charge is 0.416 e. The Balaban J connectivity index is 1.79. The van der Waals surface area contributed by atoms with E-state index in [0.717, 1.165) is 11.6 Å². The Bertz CT molecular complexity index is 983. The molecule has 2 N–H and O–H groups in total. The van der Waals surface area contributed by atoms with Crippen LogP contribution in [0, 0.1) is 6.92 Å². The van der Waals surface area contributed by atoms with Crippen molar-refractivity contribution in [3.8, 4) is 0 Å². The number of imidazole rings is 1. The molecular formula is C19H18F3N5O. The lowest BCUT2D eigenvalue weighted by atomic mass is 10.1. The van der Waals surface area contributed by atoms with Crippen LogP contribution in [0.4, 0.5) is 24.7 Å². The molecule has 0 atom stereocenters. The van der Waals surface area contributed by atoms with Gasteiger partial charge in [0.05, 0.1) is 11.9 Å². The minimum atomic E-state index is -4.49. The van der Waals surface area contributed by atoms with Gasteiger partial charge in [-0.25, -0.2) is 4.98 Å². The van der Waals surface area contributed by atoms with E-state index in [9.17, 15) is 18.0 Å². The Morgan fingerprint density at radius 2 is 1.89 bits per heavy atom. The minimum absolute atomic E-state index is 0.0595. The van der Waals surface area contributed by atoms with Gasteiger partial charge >= 0.3 is 6.18 Å². The molecule has 0 bridgehead atoms. The molecule has 6 nitrogen and oxygen atoms in total. The number of nitrogens with zero attached hydrogens (tertiary/aromatic N) is 3. The SMILES string of the molecule is Cc1ccc(NC(=O)c2c(NCc3ccncc3)ncn2C)cc1C(F)(F)F. The summed E-state index contributed by atoms with van der Waals surface area (Å²) in [5, 5.41) is 5.57. The van der Waals surface area contributed by atoms with Gasteiger partial charge in [-0.1, -0.05) is 6.07 Å². The van der Waals surface area contributed by atoms with Gasteiger partial charge in [0.15, 0.2) is 11.5 Å². The van der Waals surface area contributed by atoms with E-state index in [-0.39, 0.29) is 16.9 Å². The van der Waals surface area contributed by atoms with E-state index in [1.165, 1.54) is 30.0 Å². The summed E-state index contributed by atoms with van der Waals surface area (Å²) in [4.78, 5) is 20.8. The molecule has 0 aliphatic rings. The summed E-state index contributed by atoms with van der Waals surface area (Å²) in [6.45, 7) is 1.79. The van der Waals surface area contributed by atoms with Gasteiger partial charge in [0.25, 0.3) is 5.91 Å². The second-order valence-corrected chi connectivity index (χ2v) is 6.24. The molecule has 0 saturated heterocycles. The van der Waals surface area contributed by atoms with Gasteiger partial charge in [0, 0.05) is 31.7 Å². The summed E-state index contributed by atoms with van der Waals surface area (Å²) in [7, 11) is 1.63. The van der Waals surface area contributed by atoms with Gasteiger partial charge in [-0.2, -0.15) is 13.2 Å². The predicted molar refractivity (Wildman–Crippen MR) is 98.9 cm³/mol. The van der Waals surface area contributed by atoms with Gasteiger partial charge in [-0.05, 0) is 42.3 Å². The summed E-state index contributed by atoms with van der Waals surface area (Å²) < 4.78 is 40.8. The first-order valence-electron chi connectivity index (χ1n) is 8.39. The number of amides is 1. The van der Waals surface area contributed by atoms with Crippen LogP contribution >= 0.6 is 0 Å². The highest BCUT2D eigenvalue weighted by Gasteiger charge is 2.32. The number of pyridine rings is 1. The zero-order valence-corrected chi connectivity index (χ0v) is 15.2. The van der Waals surface area contributed by atoms with Crippen molar-refractivity contribution < 1.29 is 18.0 Å². The number of benzene rings is 1. The lowest BCUT2D eigenvalue weighted by molar-refractivity contribution is -0.138. The number of rotatable bonds is 5. The number of hydrogen-bond acceptors (Lipinski definition) is 4. The van der Waals surface area contributed by atoms with Gasteiger partial charge < -0.3 is 15.2 Å². The molecule has 0 aliphatic heterocycles. The second kappa shape index (κ2) is 7.71. The first-order valence-corrected chi connectivity index (χ1v) is 8.39. The van der Waals surface area contributed by atoms with E-state index in [4.69, 9.17) is 0 Å². The summed E-state index contributed by atoms with van der Waals surface area (Å²) in [6, 6.07) is 7.32. The van der Waals surface area contributed by atoms with Gasteiger partial charge in [-0.15, -0.1) is 0 Å². The van der Waals surface area contributed by atoms with E-state index in [0.29, 0.717) is 12.4 Å². The zero-order chi connectivity index (χ0) is 20.3. The number of anilines is 2. The lowest BCUT2D eigenvalue weighted by Gasteiger charge is -2.13. The lowest BCUT2D eigenvalue weighted by Crippen LogP contribution is -2.18. The first kappa shape index (κ1) is 19.4. The van der Waals surface area contributed by atoms with E-state index in [1.807, 2.05) is 12.1 Å². The minimum Gasteiger partial charge on any atom is -0.364 e. The van der Waals surface area contributed by atoms with Crippen molar-refractivity contribution in [3.05, 3.63) is 71.4 Å². The molecule has 146 valence electrons. The van der Waals surface area contributed by atoms with Crippen LogP contribution in [0.1, 0.15) is 27.2 Å². The topological polar surface area (TPSA) is 71.8 Å². The molecule has 3 aromatic rings. The van der Waals surface area contributed by atoms with Crippen LogP contribution in [0.2, 0.25) is 0 Å². The van der Waals surface area contributed by atoms with E-state index >= 15 is 0 Å². The summed E-state index contributed by atoms with van der Waals surface area (Å²) in [6.07, 6.45) is 0.270. The summed E-state index contributed by atoms with van der Waals surface area (Å²) in [5.41, 5.74) is 0.518. The molecule has 0 fully saturated rings. The van der Waals surface area contributed by atoms with Crippen LogP contribution in [-0.2, 0) is 19.8 Å². The van der Waals surface area contributed by atoms with Crippen LogP contribution in [0.25, 0.3) is 0 Å². The highest BCUT2D eigenvalue weighted by atomic mass is 19.4. The van der Waals surface area contributed by atoms with Crippen molar-refractivity contribution in [2.24, 2.45) is 7.05 Å². The average molecular weight is 389 g/mol. The summed E-state index contributed by atoms with van der Waals surface area (Å²) in [5.74, 6) is -0.228. The Morgan fingerprint density at radius 3 is 2.57 bits per heavy atom. The monoisotopic (exact) mass is 389 g/mol. The van der Waals surface area contributed by atoms with Crippen molar-refractivity contribution in [1.82, 2.24) is 14.5 Å². The Hall–Kier alpha value is -3.36. The fourth-order valence-corrected chi connectivity index (χ4v) is 2.71. The number of aromatic nitrogens is 3. The molecular weight excluding hydrogens is 371 g/mol. The van der Waals surface area contributed by atoms with Crippen LogP contribution in [0.3, 0.4) is 0 Å². The van der Waals surface area contributed by atoms with Crippen LogP contribution in [0.15, 0.2) is 49.1 Å². The molecule has 0 radical (unpaired) electrons. The average Bonchev–Trinajstić information content (AvgIpc) is 3.02. The molecule has 9 heteroatoms. The maximum absolute atomic E-state index is 13.1. The van der Waals surface area contributed by atoms with Crippen LogP contribution in [-0.4, -0.2) is 20.4 Å². The molecule has 28 heavy (non-hydrogen) atoms. The van der Waals surface area contributed by atoms with Crippen molar-refractivity contribution >= 4 is 17.4 Å². The number of nitrogens with one attached hydrogen (secondary N) is 2. The van der Waals surface area contributed by atoms with Crippen molar-refractivity contribution in [2.45, 2.75) is 19.6 Å². The first-order chi connectivity index (χ1) is 13.3. The van der Waals surface area contributed by atoms with E-state index in [1.54, 1.807) is 19.4 Å². The fraction of sp³-hybridized carbons (Fsp3) is 0.211. The summed E-state index contributed by atoms with van der Waals surface area (Å²) >= 11 is 0. The van der Waals surface area contributed by atoms with Crippen molar-refractivity contribution in [2.75, 3.05) is 10.6 Å². The number of carbonyl (C=O) groups is 1. The highest BCUT2D eigenvalue weighted by Crippen LogP contribution is 2.33. The van der Waals surface area contributed by atoms with Crippen molar-refractivity contribution in [3.63, 3.8) is 0 Å². The number of aryl methyl sites for hydroxylation is 2. The molecule has 0 spiro atoms. The Kier molecular flexibility index (Phi) is 5.34. The third-order valence-corrected chi connectivity index (χ3v) is 4.16.